The summed E-state index contributed by atoms with van der Waals surface area (Å²) in [6.07, 6.45) is 3.31. The summed E-state index contributed by atoms with van der Waals surface area (Å²) in [5.74, 6) is 0.763. The fourth-order valence-corrected chi connectivity index (χ4v) is 3.69. The van der Waals surface area contributed by atoms with Crippen LogP contribution in [0.1, 0.15) is 26.2 Å². The summed E-state index contributed by atoms with van der Waals surface area (Å²) in [5, 5.41) is 10.1. The average Bonchev–Trinajstić information content (AvgIpc) is 2.40. The first-order valence-electron chi connectivity index (χ1n) is 7.06. The Morgan fingerprint density at radius 2 is 2.14 bits per heavy atom. The molecule has 1 aromatic rings. The predicted molar refractivity (Wildman–Crippen MR) is 95.5 cm³/mol. The van der Waals surface area contributed by atoms with Crippen LogP contribution in [-0.4, -0.2) is 41.8 Å². The predicted octanol–water partition coefficient (Wildman–Crippen LogP) is 4.25. The molecule has 1 N–H and O–H groups in total. The normalized spacial score (nSPS) is 20.7. The van der Waals surface area contributed by atoms with E-state index in [0.717, 1.165) is 21.2 Å². The van der Waals surface area contributed by atoms with E-state index in [1.54, 1.807) is 0 Å². The molecule has 0 aromatic heterocycles. The second-order valence-electron chi connectivity index (χ2n) is 5.38. The maximum absolute atomic E-state index is 10.1. The Labute approximate surface area is 149 Å². The molecule has 1 aliphatic rings. The summed E-state index contributed by atoms with van der Waals surface area (Å²) in [7, 11) is 0. The highest BCUT2D eigenvalue weighted by molar-refractivity contribution is 9.11. The van der Waals surface area contributed by atoms with Gasteiger partial charge < -0.3 is 9.84 Å². The van der Waals surface area contributed by atoms with Crippen molar-refractivity contribution >= 4 is 44.3 Å². The summed E-state index contributed by atoms with van der Waals surface area (Å²) < 4.78 is 7.58. The van der Waals surface area contributed by atoms with Crippen LogP contribution in [0, 0.1) is 0 Å². The lowest BCUT2D eigenvalue weighted by Gasteiger charge is -2.34. The van der Waals surface area contributed by atoms with Crippen molar-refractivity contribution in [2.75, 3.05) is 19.7 Å². The molecule has 0 aliphatic carbocycles. The van der Waals surface area contributed by atoms with Crippen molar-refractivity contribution in [2.24, 2.45) is 0 Å². The number of ether oxygens (including phenoxy) is 1. The second-order valence-corrected chi connectivity index (χ2v) is 7.15. The number of β-amino-alcohol motifs (C(OH)–C–C–N with tert-alkyl or cyclic N) is 1. The van der Waals surface area contributed by atoms with E-state index in [2.05, 4.69) is 43.7 Å². The number of hydrogen-bond donors (Lipinski definition) is 1. The van der Waals surface area contributed by atoms with Gasteiger partial charge in [-0.05, 0) is 60.4 Å². The summed E-state index contributed by atoms with van der Waals surface area (Å²) >= 11 is 6.87. The van der Waals surface area contributed by atoms with E-state index in [1.165, 1.54) is 19.3 Å². The van der Waals surface area contributed by atoms with E-state index < -0.39 is 6.10 Å². The molecule has 0 bridgehead atoms. The lowest BCUT2D eigenvalue weighted by Crippen LogP contribution is -2.43. The van der Waals surface area contributed by atoms with Gasteiger partial charge in [-0.15, -0.1) is 12.4 Å². The van der Waals surface area contributed by atoms with Gasteiger partial charge in [0.1, 0.15) is 18.5 Å². The van der Waals surface area contributed by atoms with Crippen LogP contribution in [0.4, 0.5) is 0 Å². The van der Waals surface area contributed by atoms with Crippen LogP contribution >= 0.6 is 44.3 Å². The van der Waals surface area contributed by atoms with Crippen molar-refractivity contribution in [1.82, 2.24) is 4.90 Å². The van der Waals surface area contributed by atoms with Crippen LogP contribution in [-0.2, 0) is 0 Å². The van der Waals surface area contributed by atoms with Crippen LogP contribution < -0.4 is 4.74 Å². The van der Waals surface area contributed by atoms with E-state index in [-0.39, 0.29) is 12.4 Å². The quantitative estimate of drug-likeness (QED) is 0.739. The molecule has 0 radical (unpaired) electrons. The van der Waals surface area contributed by atoms with Crippen LogP contribution in [0.25, 0.3) is 0 Å². The summed E-state index contributed by atoms with van der Waals surface area (Å²) in [5.41, 5.74) is 0. The highest BCUT2D eigenvalue weighted by atomic mass is 79.9. The minimum absolute atomic E-state index is 0. The molecule has 120 valence electrons. The van der Waals surface area contributed by atoms with Gasteiger partial charge in [0, 0.05) is 17.1 Å². The van der Waals surface area contributed by atoms with E-state index in [0.29, 0.717) is 19.2 Å². The number of likely N-dealkylation sites (tertiary alicyclic amines) is 1. The Morgan fingerprint density at radius 3 is 2.81 bits per heavy atom. The number of aliphatic hydroxyl groups excluding tert-OH is 1. The van der Waals surface area contributed by atoms with Gasteiger partial charge in [-0.3, -0.25) is 4.90 Å². The first kappa shape index (κ1) is 19.2. The third kappa shape index (κ3) is 6.06. The Balaban J connectivity index is 0.00000220. The van der Waals surface area contributed by atoms with Crippen molar-refractivity contribution in [1.29, 1.82) is 0 Å². The molecule has 0 amide bonds. The van der Waals surface area contributed by atoms with Gasteiger partial charge in [-0.1, -0.05) is 22.4 Å². The standard InChI is InChI=1S/C15H21Br2NO2.ClH/c1-11-4-2-3-7-18(11)9-13(19)10-20-15-6-5-12(16)8-14(15)17;/h5-6,8,11,13,19H,2-4,7,9-10H2,1H3;1H. The topological polar surface area (TPSA) is 32.7 Å². The van der Waals surface area contributed by atoms with E-state index in [1.807, 2.05) is 18.2 Å². The van der Waals surface area contributed by atoms with E-state index in [4.69, 9.17) is 4.74 Å². The van der Waals surface area contributed by atoms with Gasteiger partial charge in [0.05, 0.1) is 4.47 Å². The van der Waals surface area contributed by atoms with Crippen LogP contribution in [0.15, 0.2) is 27.1 Å². The average molecular weight is 444 g/mol. The third-order valence-electron chi connectivity index (χ3n) is 3.71. The zero-order valence-corrected chi connectivity index (χ0v) is 16.1. The first-order chi connectivity index (χ1) is 9.56. The number of benzene rings is 1. The molecular weight excluding hydrogens is 421 g/mol. The van der Waals surface area contributed by atoms with Crippen molar-refractivity contribution in [3.05, 3.63) is 27.1 Å². The zero-order valence-electron chi connectivity index (χ0n) is 12.1. The fourth-order valence-electron chi connectivity index (χ4n) is 2.53. The van der Waals surface area contributed by atoms with Crippen LogP contribution in [0.2, 0.25) is 0 Å². The van der Waals surface area contributed by atoms with Crippen molar-refractivity contribution in [3.63, 3.8) is 0 Å². The third-order valence-corrected chi connectivity index (χ3v) is 4.82. The molecular formula is C15H22Br2ClNO2. The molecule has 2 rings (SSSR count). The molecule has 6 heteroatoms. The molecule has 1 heterocycles. The lowest BCUT2D eigenvalue weighted by molar-refractivity contribution is 0.0436. The SMILES string of the molecule is CC1CCCCN1CC(O)COc1ccc(Br)cc1Br.Cl. The molecule has 2 atom stereocenters. The lowest BCUT2D eigenvalue weighted by atomic mass is 10.0. The minimum Gasteiger partial charge on any atom is -0.490 e. The van der Waals surface area contributed by atoms with Gasteiger partial charge >= 0.3 is 0 Å². The molecule has 0 spiro atoms. The molecule has 1 saturated heterocycles. The first-order valence-corrected chi connectivity index (χ1v) is 8.65. The monoisotopic (exact) mass is 441 g/mol. The second kappa shape index (κ2) is 9.36. The minimum atomic E-state index is -0.453. The summed E-state index contributed by atoms with van der Waals surface area (Å²) in [6, 6.07) is 6.33. The molecule has 2 unspecified atom stereocenters. The number of halogens is 3. The van der Waals surface area contributed by atoms with Gasteiger partial charge in [0.15, 0.2) is 0 Å². The smallest absolute Gasteiger partial charge is 0.133 e. The molecule has 0 saturated carbocycles. The number of rotatable bonds is 5. The van der Waals surface area contributed by atoms with Crippen molar-refractivity contribution in [2.45, 2.75) is 38.3 Å². The Bertz CT molecular complexity index is 448. The largest absolute Gasteiger partial charge is 0.490 e. The van der Waals surface area contributed by atoms with Gasteiger partial charge in [0.25, 0.3) is 0 Å². The Kier molecular flexibility index (Phi) is 8.57. The number of hydrogen-bond acceptors (Lipinski definition) is 3. The summed E-state index contributed by atoms with van der Waals surface area (Å²) in [6.45, 7) is 4.33. The van der Waals surface area contributed by atoms with E-state index in [9.17, 15) is 5.11 Å². The molecule has 1 fully saturated rings. The maximum Gasteiger partial charge on any atom is 0.133 e. The van der Waals surface area contributed by atoms with E-state index >= 15 is 0 Å². The van der Waals surface area contributed by atoms with Crippen LogP contribution in [0.3, 0.4) is 0 Å². The van der Waals surface area contributed by atoms with Crippen molar-refractivity contribution < 1.29 is 9.84 Å². The van der Waals surface area contributed by atoms with Gasteiger partial charge in [-0.2, -0.15) is 0 Å². The fraction of sp³-hybridized carbons (Fsp3) is 0.600. The number of aliphatic hydroxyl groups is 1. The zero-order chi connectivity index (χ0) is 14.5. The van der Waals surface area contributed by atoms with Gasteiger partial charge in [-0.25, -0.2) is 0 Å². The molecule has 1 aromatic carbocycles. The van der Waals surface area contributed by atoms with Crippen molar-refractivity contribution in [3.8, 4) is 5.75 Å². The molecule has 1 aliphatic heterocycles. The highest BCUT2D eigenvalue weighted by Crippen LogP contribution is 2.28. The molecule has 21 heavy (non-hydrogen) atoms. The van der Waals surface area contributed by atoms with Gasteiger partial charge in [0.2, 0.25) is 0 Å². The summed E-state index contributed by atoms with van der Waals surface area (Å²) in [4.78, 5) is 2.36. The Morgan fingerprint density at radius 1 is 1.38 bits per heavy atom. The highest BCUT2D eigenvalue weighted by Gasteiger charge is 2.21. The van der Waals surface area contributed by atoms with Crippen LogP contribution in [0.5, 0.6) is 5.75 Å². The Hall–Kier alpha value is 0.190. The number of nitrogens with zero attached hydrogens (tertiary/aromatic N) is 1. The molecule has 3 nitrogen and oxygen atoms in total. The number of piperidine rings is 1. The maximum atomic E-state index is 10.1.